The minimum absolute atomic E-state index is 0.00149. The SMILES string of the molecule is CCC(C)NS(=O)(=O)c1sc2c(c1C(=O)OC)CCN(C(=O)c1ccc(F)cc1F)C2. The van der Waals surface area contributed by atoms with Crippen molar-refractivity contribution in [3.63, 3.8) is 0 Å². The van der Waals surface area contributed by atoms with Gasteiger partial charge >= 0.3 is 5.97 Å². The second kappa shape index (κ2) is 9.01. The van der Waals surface area contributed by atoms with Crippen molar-refractivity contribution in [2.45, 2.75) is 43.5 Å². The molecule has 1 atom stereocenters. The number of nitrogens with one attached hydrogen (secondary N) is 1. The number of fused-ring (bicyclic) bond motifs is 1. The van der Waals surface area contributed by atoms with Crippen molar-refractivity contribution in [2.24, 2.45) is 0 Å². The number of sulfonamides is 1. The largest absolute Gasteiger partial charge is 0.465 e. The van der Waals surface area contributed by atoms with Crippen molar-refractivity contribution in [1.82, 2.24) is 9.62 Å². The van der Waals surface area contributed by atoms with Crippen LogP contribution in [0.5, 0.6) is 0 Å². The molecule has 1 aromatic heterocycles. The molecule has 2 heterocycles. The summed E-state index contributed by atoms with van der Waals surface area (Å²) in [5.74, 6) is -3.18. The molecule has 0 spiro atoms. The van der Waals surface area contributed by atoms with Gasteiger partial charge in [0.1, 0.15) is 15.8 Å². The average molecular weight is 473 g/mol. The van der Waals surface area contributed by atoms with Gasteiger partial charge in [-0.15, -0.1) is 11.3 Å². The lowest BCUT2D eigenvalue weighted by atomic mass is 10.0. The van der Waals surface area contributed by atoms with Crippen LogP contribution in [-0.2, 0) is 27.7 Å². The zero-order valence-corrected chi connectivity index (χ0v) is 18.8. The van der Waals surface area contributed by atoms with E-state index < -0.39 is 33.5 Å². The maximum atomic E-state index is 14.0. The second-order valence-corrected chi connectivity index (χ2v) is 10.2. The third-order valence-corrected chi connectivity index (χ3v) is 8.40. The number of hydrogen-bond acceptors (Lipinski definition) is 6. The number of hydrogen-bond donors (Lipinski definition) is 1. The Kier molecular flexibility index (Phi) is 6.77. The van der Waals surface area contributed by atoms with E-state index in [1.54, 1.807) is 6.92 Å². The molecule has 2 aromatic rings. The molecule has 3 rings (SSSR count). The quantitative estimate of drug-likeness (QED) is 0.653. The van der Waals surface area contributed by atoms with E-state index in [1.807, 2.05) is 6.92 Å². The topological polar surface area (TPSA) is 92.8 Å². The third-order valence-electron chi connectivity index (χ3n) is 5.08. The number of ether oxygens (including phenoxy) is 1. The fourth-order valence-corrected chi connectivity index (χ4v) is 6.53. The van der Waals surface area contributed by atoms with Crippen LogP contribution in [0.3, 0.4) is 0 Å². The van der Waals surface area contributed by atoms with Crippen LogP contribution >= 0.6 is 11.3 Å². The van der Waals surface area contributed by atoms with Crippen LogP contribution in [0.15, 0.2) is 22.4 Å². The highest BCUT2D eigenvalue weighted by atomic mass is 32.2. The predicted molar refractivity (Wildman–Crippen MR) is 111 cm³/mol. The van der Waals surface area contributed by atoms with Gasteiger partial charge in [-0.25, -0.2) is 26.7 Å². The van der Waals surface area contributed by atoms with Gasteiger partial charge in [0, 0.05) is 23.5 Å². The highest BCUT2D eigenvalue weighted by Gasteiger charge is 2.35. The first-order valence-corrected chi connectivity index (χ1v) is 11.9. The Bertz CT molecular complexity index is 1130. The monoisotopic (exact) mass is 472 g/mol. The van der Waals surface area contributed by atoms with E-state index in [4.69, 9.17) is 4.74 Å². The summed E-state index contributed by atoms with van der Waals surface area (Å²) in [5, 5.41) is 0. The molecule has 7 nitrogen and oxygen atoms in total. The smallest absolute Gasteiger partial charge is 0.340 e. The first kappa shape index (κ1) is 23.3. The van der Waals surface area contributed by atoms with E-state index in [2.05, 4.69) is 4.72 Å². The van der Waals surface area contributed by atoms with Gasteiger partial charge in [-0.3, -0.25) is 4.79 Å². The van der Waals surface area contributed by atoms with Crippen LogP contribution in [0.4, 0.5) is 8.78 Å². The Hall–Kier alpha value is -2.37. The first-order chi connectivity index (χ1) is 14.6. The number of nitrogens with zero attached hydrogens (tertiary/aromatic N) is 1. The standard InChI is InChI=1S/C20H22F2N2O5S2/c1-4-11(2)23-31(27,28)20-17(19(26)29-3)14-7-8-24(10-16(14)30-20)18(25)13-6-5-12(21)9-15(13)22/h5-6,9,11,23H,4,7-8,10H2,1-3H3. The summed E-state index contributed by atoms with van der Waals surface area (Å²) in [4.78, 5) is 27.0. The zero-order chi connectivity index (χ0) is 22.9. The molecule has 1 unspecified atom stereocenters. The Morgan fingerprint density at radius 2 is 2.03 bits per heavy atom. The van der Waals surface area contributed by atoms with Crippen molar-refractivity contribution in [2.75, 3.05) is 13.7 Å². The van der Waals surface area contributed by atoms with Gasteiger partial charge in [0.25, 0.3) is 15.9 Å². The molecule has 168 valence electrons. The van der Waals surface area contributed by atoms with E-state index >= 15 is 0 Å². The maximum Gasteiger partial charge on any atom is 0.340 e. The first-order valence-electron chi connectivity index (χ1n) is 9.58. The molecule has 0 bridgehead atoms. The van der Waals surface area contributed by atoms with Gasteiger partial charge in [0.15, 0.2) is 0 Å². The fourth-order valence-electron chi connectivity index (χ4n) is 3.28. The van der Waals surface area contributed by atoms with Crippen LogP contribution < -0.4 is 4.72 Å². The van der Waals surface area contributed by atoms with Crippen LogP contribution in [0.1, 0.15) is 51.4 Å². The van der Waals surface area contributed by atoms with Crippen molar-refractivity contribution >= 4 is 33.2 Å². The van der Waals surface area contributed by atoms with Gasteiger partial charge in [0.2, 0.25) is 0 Å². The summed E-state index contributed by atoms with van der Waals surface area (Å²) in [5.41, 5.74) is 0.198. The molecule has 0 radical (unpaired) electrons. The van der Waals surface area contributed by atoms with E-state index in [1.165, 1.54) is 12.0 Å². The normalized spacial score (nSPS) is 14.8. The number of benzene rings is 1. The summed E-state index contributed by atoms with van der Waals surface area (Å²) in [7, 11) is -2.82. The molecule has 1 aromatic carbocycles. The number of carbonyl (C=O) groups excluding carboxylic acids is 2. The number of methoxy groups -OCH3 is 1. The van der Waals surface area contributed by atoms with Crippen LogP contribution in [-0.4, -0.2) is 44.9 Å². The number of rotatable bonds is 6. The molecule has 1 N–H and O–H groups in total. The highest BCUT2D eigenvalue weighted by molar-refractivity contribution is 7.91. The van der Waals surface area contributed by atoms with Gasteiger partial charge in [-0.05, 0) is 37.5 Å². The van der Waals surface area contributed by atoms with Crippen LogP contribution in [0.2, 0.25) is 0 Å². The Morgan fingerprint density at radius 3 is 2.65 bits per heavy atom. The summed E-state index contributed by atoms with van der Waals surface area (Å²) in [6.07, 6.45) is 0.757. The lowest BCUT2D eigenvalue weighted by molar-refractivity contribution is 0.0595. The zero-order valence-electron chi connectivity index (χ0n) is 17.2. The van der Waals surface area contributed by atoms with Gasteiger partial charge in [-0.1, -0.05) is 6.92 Å². The van der Waals surface area contributed by atoms with Crippen LogP contribution in [0, 0.1) is 11.6 Å². The minimum atomic E-state index is -3.99. The molecule has 0 saturated carbocycles. The van der Waals surface area contributed by atoms with Gasteiger partial charge < -0.3 is 9.64 Å². The number of halogens is 2. The summed E-state index contributed by atoms with van der Waals surface area (Å²) in [6, 6.07) is 2.36. The van der Waals surface area contributed by atoms with Gasteiger partial charge in [0.05, 0.1) is 24.8 Å². The van der Waals surface area contributed by atoms with Crippen molar-refractivity contribution in [3.8, 4) is 0 Å². The average Bonchev–Trinajstić information content (AvgIpc) is 3.12. The molecule has 31 heavy (non-hydrogen) atoms. The van der Waals surface area contributed by atoms with Crippen molar-refractivity contribution in [1.29, 1.82) is 0 Å². The summed E-state index contributed by atoms with van der Waals surface area (Å²) < 4.78 is 60.2. The third kappa shape index (κ3) is 4.63. The Labute approximate surface area is 183 Å². The Morgan fingerprint density at radius 1 is 1.32 bits per heavy atom. The minimum Gasteiger partial charge on any atom is -0.465 e. The highest BCUT2D eigenvalue weighted by Crippen LogP contribution is 2.37. The predicted octanol–water partition coefficient (Wildman–Crippen LogP) is 3.09. The number of carbonyl (C=O) groups is 2. The Balaban J connectivity index is 1.98. The van der Waals surface area contributed by atoms with E-state index in [0.29, 0.717) is 22.9 Å². The summed E-state index contributed by atoms with van der Waals surface area (Å²) >= 11 is 0.889. The molecule has 1 aliphatic heterocycles. The van der Waals surface area contributed by atoms with Crippen LogP contribution in [0.25, 0.3) is 0 Å². The molecule has 0 saturated heterocycles. The molecular weight excluding hydrogens is 450 g/mol. The molecule has 0 aliphatic carbocycles. The van der Waals surface area contributed by atoms with Crippen molar-refractivity contribution in [3.05, 3.63) is 51.4 Å². The molecule has 0 fully saturated rings. The van der Waals surface area contributed by atoms with E-state index in [0.717, 1.165) is 23.5 Å². The maximum absolute atomic E-state index is 14.0. The van der Waals surface area contributed by atoms with Crippen molar-refractivity contribution < 1.29 is 31.5 Å². The lowest BCUT2D eigenvalue weighted by Gasteiger charge is -2.27. The lowest BCUT2D eigenvalue weighted by Crippen LogP contribution is -2.36. The van der Waals surface area contributed by atoms with Gasteiger partial charge in [-0.2, -0.15) is 0 Å². The number of amides is 1. The van der Waals surface area contributed by atoms with E-state index in [9.17, 15) is 26.8 Å². The molecular formula is C20H22F2N2O5S2. The number of esters is 1. The summed E-state index contributed by atoms with van der Waals surface area (Å²) in [6.45, 7) is 3.67. The molecule has 11 heteroatoms. The van der Waals surface area contributed by atoms with E-state index in [-0.39, 0.29) is 40.9 Å². The molecule has 1 aliphatic rings. The molecule has 1 amide bonds. The number of thiophene rings is 1. The second-order valence-electron chi connectivity index (χ2n) is 7.19. The fraction of sp³-hybridized carbons (Fsp3) is 0.400.